The van der Waals surface area contributed by atoms with Crippen molar-refractivity contribution < 1.29 is 9.90 Å². The van der Waals surface area contributed by atoms with Crippen LogP contribution in [0.3, 0.4) is 0 Å². The fourth-order valence-electron chi connectivity index (χ4n) is 4.62. The fourth-order valence-corrected chi connectivity index (χ4v) is 4.62. The van der Waals surface area contributed by atoms with Gasteiger partial charge in [0.2, 0.25) is 5.43 Å². The molecule has 2 aliphatic rings. The van der Waals surface area contributed by atoms with Crippen molar-refractivity contribution in [3.05, 3.63) is 93.7 Å². The van der Waals surface area contributed by atoms with Gasteiger partial charge in [-0.05, 0) is 36.5 Å². The van der Waals surface area contributed by atoms with Gasteiger partial charge in [-0.25, -0.2) is 0 Å². The number of nitrogens with zero attached hydrogens (tertiary/aromatic N) is 4. The summed E-state index contributed by atoms with van der Waals surface area (Å²) in [5.74, 6) is -0.820. The Labute approximate surface area is 180 Å². The Bertz CT molecular complexity index is 1170. The molecular weight excluding hydrogens is 392 g/mol. The second-order valence-corrected chi connectivity index (χ2v) is 8.07. The third-order valence-electron chi connectivity index (χ3n) is 6.16. The summed E-state index contributed by atoms with van der Waals surface area (Å²) in [6, 6.07) is 13.2. The SMILES string of the molecule is O=C1c2c(O)c(=O)ccn2N2CN1CCCCCc1ccncc1[C@@H]2c1ccccc1. The van der Waals surface area contributed by atoms with Crippen LogP contribution >= 0.6 is 0 Å². The minimum atomic E-state index is -0.552. The Balaban J connectivity index is 1.78. The molecule has 0 aliphatic carbocycles. The number of benzene rings is 1. The normalized spacial score (nSPS) is 18.7. The number of aryl methyl sites for hydroxylation is 1. The van der Waals surface area contributed by atoms with Gasteiger partial charge in [0.15, 0.2) is 11.4 Å². The van der Waals surface area contributed by atoms with Crippen molar-refractivity contribution in [1.82, 2.24) is 14.6 Å². The van der Waals surface area contributed by atoms with Gasteiger partial charge in [-0.15, -0.1) is 0 Å². The van der Waals surface area contributed by atoms with Crippen LogP contribution in [0.15, 0.2) is 65.8 Å². The molecular formula is C24H24N4O3. The van der Waals surface area contributed by atoms with E-state index in [0.717, 1.165) is 36.8 Å². The van der Waals surface area contributed by atoms with Gasteiger partial charge in [-0.1, -0.05) is 36.8 Å². The number of pyridine rings is 2. The number of aromatic hydroxyl groups is 1. The molecule has 158 valence electrons. The molecule has 0 unspecified atom stereocenters. The lowest BCUT2D eigenvalue weighted by molar-refractivity contribution is 0.0677. The monoisotopic (exact) mass is 416 g/mol. The smallest absolute Gasteiger partial charge is 0.277 e. The minimum absolute atomic E-state index is 0.0179. The molecule has 1 aromatic carbocycles. The standard InChI is InChI=1S/C24H24N4O3/c29-20-11-14-27-22(23(20)30)24(31)26-13-6-2-5-7-17-10-12-25-15-19(17)21(28(27)16-26)18-8-3-1-4-9-18/h1,3-4,8-12,14-15,21,30H,2,5-7,13,16H2/t21-/m0/s1. The van der Waals surface area contributed by atoms with E-state index < -0.39 is 11.2 Å². The fraction of sp³-hybridized carbons (Fsp3) is 0.292. The molecule has 1 N–H and O–H groups in total. The summed E-state index contributed by atoms with van der Waals surface area (Å²) in [5, 5.41) is 12.6. The number of hydrogen-bond acceptors (Lipinski definition) is 5. The Kier molecular flexibility index (Phi) is 4.94. The van der Waals surface area contributed by atoms with E-state index in [2.05, 4.69) is 23.2 Å². The lowest BCUT2D eigenvalue weighted by atomic mass is 9.93. The van der Waals surface area contributed by atoms with Crippen molar-refractivity contribution in [3.63, 3.8) is 0 Å². The number of aromatic nitrogens is 2. The van der Waals surface area contributed by atoms with Crippen molar-refractivity contribution in [3.8, 4) is 5.75 Å². The summed E-state index contributed by atoms with van der Waals surface area (Å²) < 4.78 is 1.64. The Hall–Kier alpha value is -3.61. The molecule has 2 bridgehead atoms. The first-order valence-corrected chi connectivity index (χ1v) is 10.6. The Morgan fingerprint density at radius 1 is 1.00 bits per heavy atom. The average molecular weight is 416 g/mol. The van der Waals surface area contributed by atoms with Crippen LogP contribution in [0, 0.1) is 0 Å². The van der Waals surface area contributed by atoms with Crippen LogP contribution in [0.2, 0.25) is 0 Å². The Morgan fingerprint density at radius 3 is 2.68 bits per heavy atom. The number of fused-ring (bicyclic) bond motifs is 5. The van der Waals surface area contributed by atoms with E-state index in [9.17, 15) is 14.7 Å². The lowest BCUT2D eigenvalue weighted by Crippen LogP contribution is -2.55. The summed E-state index contributed by atoms with van der Waals surface area (Å²) in [6.45, 7) is 0.927. The highest BCUT2D eigenvalue weighted by molar-refractivity contribution is 5.96. The summed E-state index contributed by atoms with van der Waals surface area (Å²) in [4.78, 5) is 31.5. The number of amides is 1. The molecule has 4 heterocycles. The minimum Gasteiger partial charge on any atom is -0.502 e. The molecule has 1 amide bonds. The maximum atomic E-state index is 13.2. The van der Waals surface area contributed by atoms with Crippen molar-refractivity contribution in [2.45, 2.75) is 31.7 Å². The van der Waals surface area contributed by atoms with Crippen LogP contribution in [0.25, 0.3) is 0 Å². The van der Waals surface area contributed by atoms with Gasteiger partial charge in [0.25, 0.3) is 5.91 Å². The van der Waals surface area contributed by atoms with Crippen LogP contribution in [-0.4, -0.2) is 38.8 Å². The van der Waals surface area contributed by atoms with Crippen LogP contribution in [0.5, 0.6) is 5.75 Å². The second-order valence-electron chi connectivity index (χ2n) is 8.07. The summed E-state index contributed by atoms with van der Waals surface area (Å²) >= 11 is 0. The summed E-state index contributed by atoms with van der Waals surface area (Å²) in [7, 11) is 0. The molecule has 0 radical (unpaired) electrons. The van der Waals surface area contributed by atoms with Gasteiger partial charge in [0.05, 0.1) is 6.04 Å². The Morgan fingerprint density at radius 2 is 1.84 bits per heavy atom. The molecule has 0 saturated carbocycles. The molecule has 0 spiro atoms. The van der Waals surface area contributed by atoms with E-state index >= 15 is 0 Å². The number of hydrogen-bond donors (Lipinski definition) is 1. The van der Waals surface area contributed by atoms with Gasteiger partial charge < -0.3 is 10.0 Å². The zero-order valence-electron chi connectivity index (χ0n) is 17.1. The molecule has 7 nitrogen and oxygen atoms in total. The van der Waals surface area contributed by atoms with Gasteiger partial charge >= 0.3 is 0 Å². The third kappa shape index (κ3) is 3.36. The van der Waals surface area contributed by atoms with Crippen LogP contribution in [0.1, 0.15) is 52.5 Å². The maximum Gasteiger partial charge on any atom is 0.277 e. The lowest BCUT2D eigenvalue weighted by Gasteiger charge is -2.44. The van der Waals surface area contributed by atoms with E-state index in [4.69, 9.17) is 0 Å². The van der Waals surface area contributed by atoms with E-state index in [1.807, 2.05) is 35.6 Å². The molecule has 0 fully saturated rings. The van der Waals surface area contributed by atoms with Gasteiger partial charge in [0, 0.05) is 36.8 Å². The molecule has 2 aromatic heterocycles. The van der Waals surface area contributed by atoms with Crippen LogP contribution in [-0.2, 0) is 6.42 Å². The van der Waals surface area contributed by atoms with Gasteiger partial charge in [-0.2, -0.15) is 0 Å². The predicted molar refractivity (Wildman–Crippen MR) is 117 cm³/mol. The highest BCUT2D eigenvalue weighted by atomic mass is 16.3. The zero-order valence-corrected chi connectivity index (χ0v) is 17.1. The van der Waals surface area contributed by atoms with Crippen molar-refractivity contribution in [2.75, 3.05) is 18.2 Å². The number of carbonyl (C=O) groups excluding carboxylic acids is 1. The number of carbonyl (C=O) groups is 1. The molecule has 31 heavy (non-hydrogen) atoms. The summed E-state index contributed by atoms with van der Waals surface area (Å²) in [5.41, 5.74) is 2.80. The van der Waals surface area contributed by atoms with Crippen LogP contribution in [0.4, 0.5) is 0 Å². The topological polar surface area (TPSA) is 78.7 Å². The molecule has 3 aromatic rings. The third-order valence-corrected chi connectivity index (χ3v) is 6.16. The molecule has 5 rings (SSSR count). The first kappa shape index (κ1) is 19.4. The van der Waals surface area contributed by atoms with E-state index in [0.29, 0.717) is 13.2 Å². The second kappa shape index (κ2) is 7.91. The van der Waals surface area contributed by atoms with Crippen LogP contribution < -0.4 is 10.4 Å². The van der Waals surface area contributed by atoms with Crippen molar-refractivity contribution >= 4 is 5.91 Å². The summed E-state index contributed by atoms with van der Waals surface area (Å²) in [6.07, 6.45) is 9.12. The number of rotatable bonds is 1. The first-order chi connectivity index (χ1) is 15.1. The van der Waals surface area contributed by atoms with Gasteiger partial charge in [0.1, 0.15) is 6.67 Å². The largest absolute Gasteiger partial charge is 0.502 e. The average Bonchev–Trinajstić information content (AvgIpc) is 2.82. The first-order valence-electron chi connectivity index (χ1n) is 10.6. The van der Waals surface area contributed by atoms with E-state index in [1.54, 1.807) is 15.8 Å². The molecule has 1 atom stereocenters. The van der Waals surface area contributed by atoms with E-state index in [1.165, 1.54) is 11.6 Å². The highest BCUT2D eigenvalue weighted by Gasteiger charge is 2.37. The highest BCUT2D eigenvalue weighted by Crippen LogP contribution is 2.34. The van der Waals surface area contributed by atoms with Gasteiger partial charge in [-0.3, -0.25) is 24.3 Å². The van der Waals surface area contributed by atoms with Crippen molar-refractivity contribution in [1.29, 1.82) is 0 Å². The maximum absolute atomic E-state index is 13.2. The zero-order chi connectivity index (χ0) is 21.4. The van der Waals surface area contributed by atoms with E-state index in [-0.39, 0.29) is 17.6 Å². The quantitative estimate of drug-likeness (QED) is 0.660. The molecule has 2 aliphatic heterocycles. The molecule has 7 heteroatoms. The predicted octanol–water partition coefficient (Wildman–Crippen LogP) is 2.82. The molecule has 0 saturated heterocycles. The van der Waals surface area contributed by atoms with Crippen molar-refractivity contribution in [2.24, 2.45) is 0 Å².